The molecule has 1 aliphatic carbocycles. The second-order valence-corrected chi connectivity index (χ2v) is 4.62. The number of aliphatic hydroxyl groups excluding tert-OH is 1. The second-order valence-electron chi connectivity index (χ2n) is 4.62. The summed E-state index contributed by atoms with van der Waals surface area (Å²) in [5, 5.41) is 9.44. The molecule has 1 rings (SSSR count). The van der Waals surface area contributed by atoms with Crippen molar-refractivity contribution in [3.63, 3.8) is 0 Å². The molecule has 0 aliphatic heterocycles. The van der Waals surface area contributed by atoms with Gasteiger partial charge in [0.2, 0.25) is 0 Å². The topological polar surface area (TPSA) is 20.2 Å². The lowest BCUT2D eigenvalue weighted by Gasteiger charge is -2.32. The minimum Gasteiger partial charge on any atom is -0.393 e. The molecule has 0 amide bonds. The van der Waals surface area contributed by atoms with Gasteiger partial charge in [-0.3, -0.25) is 0 Å². The molecule has 0 aromatic carbocycles. The van der Waals surface area contributed by atoms with Crippen molar-refractivity contribution in [1.29, 1.82) is 0 Å². The molecule has 12 heavy (non-hydrogen) atoms. The Morgan fingerprint density at radius 3 is 2.00 bits per heavy atom. The van der Waals surface area contributed by atoms with Gasteiger partial charge in [0.25, 0.3) is 0 Å². The predicted octanol–water partition coefficient (Wildman–Crippen LogP) is 2.83. The van der Waals surface area contributed by atoms with Gasteiger partial charge < -0.3 is 5.11 Å². The van der Waals surface area contributed by atoms with Crippen molar-refractivity contribution in [3.8, 4) is 0 Å². The molecule has 0 saturated heterocycles. The van der Waals surface area contributed by atoms with Crippen LogP contribution in [-0.4, -0.2) is 11.2 Å². The van der Waals surface area contributed by atoms with Crippen LogP contribution in [0.4, 0.5) is 0 Å². The van der Waals surface area contributed by atoms with Gasteiger partial charge in [0.1, 0.15) is 0 Å². The van der Waals surface area contributed by atoms with Gasteiger partial charge in [-0.1, -0.05) is 26.7 Å². The van der Waals surface area contributed by atoms with Crippen LogP contribution >= 0.6 is 0 Å². The standard InChI is InChI=1S/C11H22O/c1-8-4-6-11(7-5-8)9(2)10(3)12/h8-12H,4-7H2,1-3H3. The van der Waals surface area contributed by atoms with Crippen LogP contribution in [0.15, 0.2) is 0 Å². The third-order valence-corrected chi connectivity index (χ3v) is 3.57. The van der Waals surface area contributed by atoms with Gasteiger partial charge in [0, 0.05) is 0 Å². The van der Waals surface area contributed by atoms with E-state index < -0.39 is 0 Å². The minimum atomic E-state index is -0.122. The largest absolute Gasteiger partial charge is 0.393 e. The van der Waals surface area contributed by atoms with Gasteiger partial charge in [-0.25, -0.2) is 0 Å². The molecule has 1 fully saturated rings. The van der Waals surface area contributed by atoms with Crippen LogP contribution < -0.4 is 0 Å². The van der Waals surface area contributed by atoms with E-state index in [1.54, 1.807) is 0 Å². The average molecular weight is 170 g/mol. The summed E-state index contributed by atoms with van der Waals surface area (Å²) >= 11 is 0. The van der Waals surface area contributed by atoms with E-state index in [1.165, 1.54) is 25.7 Å². The quantitative estimate of drug-likeness (QED) is 0.675. The van der Waals surface area contributed by atoms with Gasteiger partial charge in [-0.2, -0.15) is 0 Å². The van der Waals surface area contributed by atoms with Crippen molar-refractivity contribution in [2.75, 3.05) is 0 Å². The SMILES string of the molecule is CC1CCC(C(C)C(C)O)CC1. The lowest BCUT2D eigenvalue weighted by molar-refractivity contribution is 0.0770. The Bertz CT molecular complexity index is 123. The van der Waals surface area contributed by atoms with E-state index in [0.717, 1.165) is 11.8 Å². The summed E-state index contributed by atoms with van der Waals surface area (Å²) in [5.74, 6) is 2.20. The van der Waals surface area contributed by atoms with Gasteiger partial charge >= 0.3 is 0 Å². The molecule has 0 bridgehead atoms. The molecule has 0 spiro atoms. The van der Waals surface area contributed by atoms with E-state index in [2.05, 4.69) is 13.8 Å². The lowest BCUT2D eigenvalue weighted by atomic mass is 9.75. The van der Waals surface area contributed by atoms with Gasteiger partial charge in [0.15, 0.2) is 0 Å². The van der Waals surface area contributed by atoms with Gasteiger partial charge in [0.05, 0.1) is 6.10 Å². The fraction of sp³-hybridized carbons (Fsp3) is 1.00. The molecule has 72 valence electrons. The molecule has 1 heteroatoms. The average Bonchev–Trinajstić information content (AvgIpc) is 2.04. The second kappa shape index (κ2) is 4.27. The maximum atomic E-state index is 9.44. The predicted molar refractivity (Wildman–Crippen MR) is 52.0 cm³/mol. The highest BCUT2D eigenvalue weighted by molar-refractivity contribution is 4.76. The normalized spacial score (nSPS) is 36.0. The summed E-state index contributed by atoms with van der Waals surface area (Å²) in [6.45, 7) is 6.44. The number of hydrogen-bond acceptors (Lipinski definition) is 1. The van der Waals surface area contributed by atoms with E-state index in [1.807, 2.05) is 6.92 Å². The lowest BCUT2D eigenvalue weighted by Crippen LogP contribution is -2.26. The maximum absolute atomic E-state index is 9.44. The zero-order valence-corrected chi connectivity index (χ0v) is 8.59. The summed E-state index contributed by atoms with van der Waals surface area (Å²) in [5.41, 5.74) is 0. The van der Waals surface area contributed by atoms with Crippen LogP contribution in [0.2, 0.25) is 0 Å². The summed E-state index contributed by atoms with van der Waals surface area (Å²) in [4.78, 5) is 0. The first-order valence-electron chi connectivity index (χ1n) is 5.29. The molecule has 1 N–H and O–H groups in total. The van der Waals surface area contributed by atoms with Crippen LogP contribution in [0.3, 0.4) is 0 Å². The molecular weight excluding hydrogens is 148 g/mol. The molecule has 0 radical (unpaired) electrons. The van der Waals surface area contributed by atoms with Crippen molar-refractivity contribution in [2.24, 2.45) is 17.8 Å². The Hall–Kier alpha value is -0.0400. The van der Waals surface area contributed by atoms with Gasteiger partial charge in [-0.05, 0) is 37.5 Å². The van der Waals surface area contributed by atoms with Crippen LogP contribution in [0.1, 0.15) is 46.5 Å². The third kappa shape index (κ3) is 2.48. The number of aliphatic hydroxyl groups is 1. The summed E-state index contributed by atoms with van der Waals surface area (Å²) < 4.78 is 0. The first kappa shape index (κ1) is 10.0. The van der Waals surface area contributed by atoms with E-state index >= 15 is 0 Å². The van der Waals surface area contributed by atoms with Crippen LogP contribution in [0, 0.1) is 17.8 Å². The Morgan fingerprint density at radius 2 is 1.58 bits per heavy atom. The zero-order chi connectivity index (χ0) is 9.14. The molecule has 0 aromatic rings. The van der Waals surface area contributed by atoms with E-state index in [-0.39, 0.29) is 6.10 Å². The van der Waals surface area contributed by atoms with Crippen molar-refractivity contribution in [3.05, 3.63) is 0 Å². The fourth-order valence-electron chi connectivity index (χ4n) is 2.21. The Labute approximate surface area is 76.2 Å². The summed E-state index contributed by atoms with van der Waals surface area (Å²) in [6, 6.07) is 0. The molecule has 2 atom stereocenters. The van der Waals surface area contributed by atoms with E-state index in [9.17, 15) is 5.11 Å². The van der Waals surface area contributed by atoms with Gasteiger partial charge in [-0.15, -0.1) is 0 Å². The molecule has 1 aliphatic rings. The Kier molecular flexibility index (Phi) is 3.57. The molecule has 0 aromatic heterocycles. The number of hydrogen-bond donors (Lipinski definition) is 1. The Balaban J connectivity index is 2.34. The van der Waals surface area contributed by atoms with Crippen LogP contribution in [0.5, 0.6) is 0 Å². The zero-order valence-electron chi connectivity index (χ0n) is 8.59. The van der Waals surface area contributed by atoms with Crippen molar-refractivity contribution in [2.45, 2.75) is 52.6 Å². The third-order valence-electron chi connectivity index (χ3n) is 3.57. The molecule has 2 unspecified atom stereocenters. The molecular formula is C11H22O. The van der Waals surface area contributed by atoms with E-state index in [4.69, 9.17) is 0 Å². The first-order valence-corrected chi connectivity index (χ1v) is 5.29. The number of rotatable bonds is 2. The monoisotopic (exact) mass is 170 g/mol. The highest BCUT2D eigenvalue weighted by atomic mass is 16.3. The smallest absolute Gasteiger partial charge is 0.0540 e. The van der Waals surface area contributed by atoms with Crippen molar-refractivity contribution >= 4 is 0 Å². The van der Waals surface area contributed by atoms with Crippen LogP contribution in [0.25, 0.3) is 0 Å². The summed E-state index contributed by atoms with van der Waals surface area (Å²) in [6.07, 6.45) is 5.26. The highest BCUT2D eigenvalue weighted by Crippen LogP contribution is 2.34. The van der Waals surface area contributed by atoms with Crippen molar-refractivity contribution < 1.29 is 5.11 Å². The van der Waals surface area contributed by atoms with E-state index in [0.29, 0.717) is 5.92 Å². The fourth-order valence-corrected chi connectivity index (χ4v) is 2.21. The van der Waals surface area contributed by atoms with Crippen LogP contribution in [-0.2, 0) is 0 Å². The molecule has 1 saturated carbocycles. The first-order chi connectivity index (χ1) is 5.61. The molecule has 1 nitrogen and oxygen atoms in total. The highest BCUT2D eigenvalue weighted by Gasteiger charge is 2.25. The Morgan fingerprint density at radius 1 is 1.08 bits per heavy atom. The maximum Gasteiger partial charge on any atom is 0.0540 e. The molecule has 0 heterocycles. The van der Waals surface area contributed by atoms with Crippen molar-refractivity contribution in [1.82, 2.24) is 0 Å². The minimum absolute atomic E-state index is 0.122. The summed E-state index contributed by atoms with van der Waals surface area (Å²) in [7, 11) is 0.